The summed E-state index contributed by atoms with van der Waals surface area (Å²) in [5.41, 5.74) is 1.35. The van der Waals surface area contributed by atoms with Crippen LogP contribution in [0.4, 0.5) is 0 Å². The number of hydrogen-bond donors (Lipinski definition) is 0. The summed E-state index contributed by atoms with van der Waals surface area (Å²) < 4.78 is 5.86. The molecule has 0 bridgehead atoms. The Morgan fingerprint density at radius 1 is 1.25 bits per heavy atom. The fourth-order valence-electron chi connectivity index (χ4n) is 1.73. The SMILES string of the molecule is CCCC(C)OCC(CBr)c1ccccc1. The smallest absolute Gasteiger partial charge is 0.0547 e. The fourth-order valence-corrected chi connectivity index (χ4v) is 2.29. The Morgan fingerprint density at radius 3 is 2.50 bits per heavy atom. The zero-order valence-corrected chi connectivity index (χ0v) is 11.7. The van der Waals surface area contributed by atoms with Gasteiger partial charge in [-0.1, -0.05) is 59.6 Å². The second-order valence-electron chi connectivity index (χ2n) is 4.19. The van der Waals surface area contributed by atoms with Gasteiger partial charge in [-0.25, -0.2) is 0 Å². The van der Waals surface area contributed by atoms with Crippen LogP contribution in [-0.4, -0.2) is 18.0 Å². The zero-order chi connectivity index (χ0) is 11.8. The van der Waals surface area contributed by atoms with Crippen molar-refractivity contribution in [2.75, 3.05) is 11.9 Å². The van der Waals surface area contributed by atoms with Crippen LogP contribution in [0.5, 0.6) is 0 Å². The monoisotopic (exact) mass is 284 g/mol. The molecule has 0 radical (unpaired) electrons. The van der Waals surface area contributed by atoms with E-state index in [2.05, 4.69) is 60.1 Å². The highest BCUT2D eigenvalue weighted by Gasteiger charge is 2.11. The minimum Gasteiger partial charge on any atom is -0.378 e. The van der Waals surface area contributed by atoms with Gasteiger partial charge < -0.3 is 4.74 Å². The molecule has 90 valence electrons. The third kappa shape index (κ3) is 4.67. The largest absolute Gasteiger partial charge is 0.378 e. The summed E-state index contributed by atoms with van der Waals surface area (Å²) in [5, 5.41) is 0.954. The quantitative estimate of drug-likeness (QED) is 0.676. The molecule has 1 aromatic carbocycles. The average Bonchev–Trinajstić information content (AvgIpc) is 2.31. The molecule has 0 amide bonds. The molecule has 0 spiro atoms. The van der Waals surface area contributed by atoms with Crippen LogP contribution < -0.4 is 0 Å². The van der Waals surface area contributed by atoms with Crippen LogP contribution >= 0.6 is 15.9 Å². The highest BCUT2D eigenvalue weighted by Crippen LogP contribution is 2.19. The van der Waals surface area contributed by atoms with Crippen LogP contribution in [0, 0.1) is 0 Å². The van der Waals surface area contributed by atoms with Crippen molar-refractivity contribution >= 4 is 15.9 Å². The van der Waals surface area contributed by atoms with Gasteiger partial charge in [0.25, 0.3) is 0 Å². The van der Waals surface area contributed by atoms with Crippen LogP contribution in [0.25, 0.3) is 0 Å². The Kier molecular flexibility index (Phi) is 6.74. The maximum atomic E-state index is 5.86. The van der Waals surface area contributed by atoms with Crippen LogP contribution in [0.1, 0.15) is 38.2 Å². The van der Waals surface area contributed by atoms with E-state index in [1.54, 1.807) is 0 Å². The van der Waals surface area contributed by atoms with E-state index in [1.807, 2.05) is 0 Å². The first kappa shape index (κ1) is 13.7. The van der Waals surface area contributed by atoms with Gasteiger partial charge in [-0.15, -0.1) is 0 Å². The summed E-state index contributed by atoms with van der Waals surface area (Å²) in [5.74, 6) is 0.459. The van der Waals surface area contributed by atoms with Gasteiger partial charge >= 0.3 is 0 Å². The van der Waals surface area contributed by atoms with Gasteiger partial charge in [0.2, 0.25) is 0 Å². The minimum absolute atomic E-state index is 0.371. The summed E-state index contributed by atoms with van der Waals surface area (Å²) >= 11 is 3.56. The van der Waals surface area contributed by atoms with Crippen molar-refractivity contribution in [3.8, 4) is 0 Å². The van der Waals surface area contributed by atoms with Crippen LogP contribution in [0.3, 0.4) is 0 Å². The van der Waals surface area contributed by atoms with Crippen LogP contribution in [0.15, 0.2) is 30.3 Å². The fraction of sp³-hybridized carbons (Fsp3) is 0.571. The molecule has 2 heteroatoms. The molecule has 0 aliphatic heterocycles. The molecule has 1 aromatic rings. The van der Waals surface area contributed by atoms with Gasteiger partial charge in [-0.05, 0) is 18.9 Å². The maximum absolute atomic E-state index is 5.86. The summed E-state index contributed by atoms with van der Waals surface area (Å²) in [4.78, 5) is 0. The van der Waals surface area contributed by atoms with Gasteiger partial charge in [-0.2, -0.15) is 0 Å². The number of rotatable bonds is 7. The van der Waals surface area contributed by atoms with E-state index in [4.69, 9.17) is 4.74 Å². The van der Waals surface area contributed by atoms with E-state index in [9.17, 15) is 0 Å². The van der Waals surface area contributed by atoms with Crippen molar-refractivity contribution in [3.63, 3.8) is 0 Å². The highest BCUT2D eigenvalue weighted by atomic mass is 79.9. The predicted octanol–water partition coefficient (Wildman–Crippen LogP) is 4.37. The van der Waals surface area contributed by atoms with Crippen molar-refractivity contribution in [1.29, 1.82) is 0 Å². The molecule has 1 nitrogen and oxygen atoms in total. The number of hydrogen-bond acceptors (Lipinski definition) is 1. The standard InChI is InChI=1S/C14H21BrO/c1-3-7-12(2)16-11-14(10-15)13-8-5-4-6-9-13/h4-6,8-9,12,14H,3,7,10-11H2,1-2H3. The second-order valence-corrected chi connectivity index (χ2v) is 4.84. The van der Waals surface area contributed by atoms with Gasteiger partial charge in [0, 0.05) is 11.2 Å². The third-order valence-corrected chi connectivity index (χ3v) is 3.52. The molecule has 0 aliphatic rings. The van der Waals surface area contributed by atoms with Crippen molar-refractivity contribution < 1.29 is 4.74 Å². The molecule has 2 unspecified atom stereocenters. The van der Waals surface area contributed by atoms with Crippen LogP contribution in [-0.2, 0) is 4.74 Å². The van der Waals surface area contributed by atoms with E-state index in [0.717, 1.165) is 18.4 Å². The summed E-state index contributed by atoms with van der Waals surface area (Å²) in [7, 11) is 0. The first-order valence-corrected chi connectivity index (χ1v) is 7.12. The van der Waals surface area contributed by atoms with E-state index < -0.39 is 0 Å². The van der Waals surface area contributed by atoms with Crippen molar-refractivity contribution in [1.82, 2.24) is 0 Å². The Morgan fingerprint density at radius 2 is 1.94 bits per heavy atom. The topological polar surface area (TPSA) is 9.23 Å². The summed E-state index contributed by atoms with van der Waals surface area (Å²) in [6, 6.07) is 10.6. The van der Waals surface area contributed by atoms with Gasteiger partial charge in [0.05, 0.1) is 12.7 Å². The molecule has 0 N–H and O–H groups in total. The number of ether oxygens (including phenoxy) is 1. The molecular weight excluding hydrogens is 264 g/mol. The maximum Gasteiger partial charge on any atom is 0.0547 e. The molecule has 1 rings (SSSR count). The summed E-state index contributed by atoms with van der Waals surface area (Å²) in [6.07, 6.45) is 2.70. The molecule has 0 aliphatic carbocycles. The van der Waals surface area contributed by atoms with E-state index in [0.29, 0.717) is 12.0 Å². The molecule has 0 saturated heterocycles. The lowest BCUT2D eigenvalue weighted by Gasteiger charge is -2.18. The number of alkyl halides is 1. The number of halogens is 1. The molecule has 2 atom stereocenters. The lowest BCUT2D eigenvalue weighted by Crippen LogP contribution is -2.15. The molecule has 0 saturated carbocycles. The number of benzene rings is 1. The Labute approximate surface area is 107 Å². The van der Waals surface area contributed by atoms with E-state index in [-0.39, 0.29) is 0 Å². The van der Waals surface area contributed by atoms with Gasteiger partial charge in [-0.3, -0.25) is 0 Å². The lowest BCUT2D eigenvalue weighted by atomic mass is 10.0. The minimum atomic E-state index is 0.371. The van der Waals surface area contributed by atoms with Gasteiger partial charge in [0.15, 0.2) is 0 Å². The zero-order valence-electron chi connectivity index (χ0n) is 10.2. The van der Waals surface area contributed by atoms with Crippen molar-refractivity contribution in [3.05, 3.63) is 35.9 Å². The Hall–Kier alpha value is -0.340. The molecule has 0 heterocycles. The lowest BCUT2D eigenvalue weighted by molar-refractivity contribution is 0.0529. The van der Waals surface area contributed by atoms with Crippen molar-refractivity contribution in [2.45, 2.75) is 38.7 Å². The Balaban J connectivity index is 2.44. The first-order valence-electron chi connectivity index (χ1n) is 6.00. The normalized spacial score (nSPS) is 14.7. The molecule has 0 fully saturated rings. The molecular formula is C14H21BrO. The molecule has 0 aromatic heterocycles. The van der Waals surface area contributed by atoms with E-state index in [1.165, 1.54) is 12.0 Å². The highest BCUT2D eigenvalue weighted by molar-refractivity contribution is 9.09. The van der Waals surface area contributed by atoms with E-state index >= 15 is 0 Å². The van der Waals surface area contributed by atoms with Crippen molar-refractivity contribution in [2.24, 2.45) is 0 Å². The second kappa shape index (κ2) is 7.86. The third-order valence-electron chi connectivity index (χ3n) is 2.73. The van der Waals surface area contributed by atoms with Crippen LogP contribution in [0.2, 0.25) is 0 Å². The average molecular weight is 285 g/mol. The summed E-state index contributed by atoms with van der Waals surface area (Å²) in [6.45, 7) is 5.15. The Bertz CT molecular complexity index is 273. The predicted molar refractivity (Wildman–Crippen MR) is 73.3 cm³/mol. The molecule has 16 heavy (non-hydrogen) atoms. The first-order chi connectivity index (χ1) is 7.77. The van der Waals surface area contributed by atoms with Gasteiger partial charge in [0.1, 0.15) is 0 Å².